The topological polar surface area (TPSA) is 18.5 Å². The van der Waals surface area contributed by atoms with Gasteiger partial charge in [0.2, 0.25) is 0 Å². The molecule has 0 spiro atoms. The predicted octanol–water partition coefficient (Wildman–Crippen LogP) is 3.14. The van der Waals surface area contributed by atoms with Crippen LogP contribution in [0.5, 0.6) is 0 Å². The Kier molecular flexibility index (Phi) is 3.24. The summed E-state index contributed by atoms with van der Waals surface area (Å²) in [7, 11) is -0.624. The van der Waals surface area contributed by atoms with E-state index in [9.17, 15) is 8.78 Å². The zero-order valence-electron chi connectivity index (χ0n) is 11.1. The van der Waals surface area contributed by atoms with E-state index in [1.54, 1.807) is 0 Å². The van der Waals surface area contributed by atoms with Crippen LogP contribution in [-0.4, -0.2) is 18.3 Å². The lowest BCUT2D eigenvalue weighted by molar-refractivity contribution is 0.00578. The third-order valence-electron chi connectivity index (χ3n) is 3.73. The fraction of sp³-hybridized carbons (Fsp3) is 0.538. The van der Waals surface area contributed by atoms with Crippen LogP contribution in [0.1, 0.15) is 33.3 Å². The van der Waals surface area contributed by atoms with Crippen molar-refractivity contribution in [3.63, 3.8) is 0 Å². The molecule has 1 heterocycles. The molecule has 0 amide bonds. The highest BCUT2D eigenvalue weighted by molar-refractivity contribution is 6.45. The van der Waals surface area contributed by atoms with Crippen LogP contribution in [0.3, 0.4) is 0 Å². The summed E-state index contributed by atoms with van der Waals surface area (Å²) < 4.78 is 38.5. The Morgan fingerprint density at radius 3 is 1.89 bits per heavy atom. The molecule has 98 valence electrons. The van der Waals surface area contributed by atoms with Gasteiger partial charge in [0.1, 0.15) is 11.6 Å². The molecule has 1 aliphatic rings. The molecule has 0 saturated carbocycles. The first-order valence-electron chi connectivity index (χ1n) is 6.01. The molecule has 0 aliphatic carbocycles. The minimum Gasteiger partial charge on any atom is -0.403 e. The van der Waals surface area contributed by atoms with Crippen molar-refractivity contribution in [3.8, 4) is 0 Å². The van der Waals surface area contributed by atoms with Crippen molar-refractivity contribution in [1.82, 2.24) is 0 Å². The van der Waals surface area contributed by atoms with Gasteiger partial charge in [0.25, 0.3) is 0 Å². The molecule has 2 rings (SSSR count). The fourth-order valence-corrected chi connectivity index (χ4v) is 1.94. The molecule has 1 aliphatic heterocycles. The molecule has 1 saturated heterocycles. The van der Waals surface area contributed by atoms with Crippen molar-refractivity contribution in [3.05, 3.63) is 35.4 Å². The minimum atomic E-state index is -0.624. The lowest BCUT2D eigenvalue weighted by Gasteiger charge is -2.32. The van der Waals surface area contributed by atoms with Gasteiger partial charge in [-0.05, 0) is 39.8 Å². The quantitative estimate of drug-likeness (QED) is 0.755. The molecule has 18 heavy (non-hydrogen) atoms. The maximum absolute atomic E-state index is 13.5. The van der Waals surface area contributed by atoms with Gasteiger partial charge in [-0.3, -0.25) is 0 Å². The van der Waals surface area contributed by atoms with Gasteiger partial charge in [-0.1, -0.05) is 6.07 Å². The largest absolute Gasteiger partial charge is 0.462 e. The standard InChI is InChI=1S/C13H17BF2O2/c1-12(2)13(3,4)18-14(17-12)8-9-10(15)6-5-7-11(9)16/h5-7H,8H2,1-4H3. The van der Waals surface area contributed by atoms with E-state index in [4.69, 9.17) is 9.31 Å². The van der Waals surface area contributed by atoms with Gasteiger partial charge >= 0.3 is 7.12 Å². The minimum absolute atomic E-state index is 0.0102. The monoisotopic (exact) mass is 254 g/mol. The van der Waals surface area contributed by atoms with Crippen LogP contribution in [0.25, 0.3) is 0 Å². The van der Waals surface area contributed by atoms with E-state index >= 15 is 0 Å². The van der Waals surface area contributed by atoms with Crippen molar-refractivity contribution in [2.24, 2.45) is 0 Å². The molecule has 0 bridgehead atoms. The van der Waals surface area contributed by atoms with E-state index in [1.807, 2.05) is 27.7 Å². The molecule has 1 aromatic carbocycles. The predicted molar refractivity (Wildman–Crippen MR) is 66.1 cm³/mol. The second-order valence-corrected chi connectivity index (χ2v) is 5.59. The van der Waals surface area contributed by atoms with Gasteiger partial charge in [0, 0.05) is 11.9 Å². The highest BCUT2D eigenvalue weighted by atomic mass is 19.1. The molecule has 0 N–H and O–H groups in total. The molecule has 2 nitrogen and oxygen atoms in total. The van der Waals surface area contributed by atoms with Crippen LogP contribution in [0.15, 0.2) is 18.2 Å². The lowest BCUT2D eigenvalue weighted by atomic mass is 9.80. The average Bonchev–Trinajstić information content (AvgIpc) is 2.42. The van der Waals surface area contributed by atoms with Crippen LogP contribution in [0, 0.1) is 11.6 Å². The summed E-state index contributed by atoms with van der Waals surface area (Å²) in [6, 6.07) is 3.83. The molecular weight excluding hydrogens is 237 g/mol. The first-order valence-corrected chi connectivity index (χ1v) is 6.01. The molecule has 0 unspecified atom stereocenters. The van der Waals surface area contributed by atoms with E-state index in [-0.39, 0.29) is 11.9 Å². The molecule has 1 fully saturated rings. The van der Waals surface area contributed by atoms with E-state index in [0.717, 1.165) is 0 Å². The highest BCUT2D eigenvalue weighted by Gasteiger charge is 2.51. The summed E-state index contributed by atoms with van der Waals surface area (Å²) >= 11 is 0. The van der Waals surface area contributed by atoms with E-state index in [1.165, 1.54) is 18.2 Å². The van der Waals surface area contributed by atoms with Crippen LogP contribution in [-0.2, 0) is 15.6 Å². The Hall–Kier alpha value is -0.935. The van der Waals surface area contributed by atoms with Gasteiger partial charge in [0.05, 0.1) is 11.2 Å². The van der Waals surface area contributed by atoms with Crippen molar-refractivity contribution in [2.45, 2.75) is 45.2 Å². The SMILES string of the molecule is CC1(C)OB(Cc2c(F)cccc2F)OC1(C)C. The summed E-state index contributed by atoms with van der Waals surface area (Å²) in [5.41, 5.74) is -0.963. The average molecular weight is 254 g/mol. The number of hydrogen-bond acceptors (Lipinski definition) is 2. The van der Waals surface area contributed by atoms with Crippen molar-refractivity contribution in [1.29, 1.82) is 0 Å². The maximum atomic E-state index is 13.5. The Morgan fingerprint density at radius 2 is 1.44 bits per heavy atom. The highest BCUT2D eigenvalue weighted by Crippen LogP contribution is 2.37. The maximum Gasteiger partial charge on any atom is 0.462 e. The number of hydrogen-bond donors (Lipinski definition) is 0. The zero-order valence-corrected chi connectivity index (χ0v) is 11.1. The van der Waals surface area contributed by atoms with Crippen LogP contribution >= 0.6 is 0 Å². The molecule has 0 radical (unpaired) electrons. The summed E-state index contributed by atoms with van der Waals surface area (Å²) in [4.78, 5) is 0. The Morgan fingerprint density at radius 1 is 1.00 bits per heavy atom. The third kappa shape index (κ3) is 2.29. The number of halogens is 2. The van der Waals surface area contributed by atoms with Gasteiger partial charge < -0.3 is 9.31 Å². The van der Waals surface area contributed by atoms with Crippen molar-refractivity contribution in [2.75, 3.05) is 0 Å². The number of rotatable bonds is 2. The van der Waals surface area contributed by atoms with Crippen molar-refractivity contribution >= 4 is 7.12 Å². The second kappa shape index (κ2) is 4.32. The molecular formula is C13H17BF2O2. The molecule has 0 atom stereocenters. The third-order valence-corrected chi connectivity index (χ3v) is 3.73. The number of benzene rings is 1. The van der Waals surface area contributed by atoms with Crippen molar-refractivity contribution < 1.29 is 18.1 Å². The first kappa shape index (κ1) is 13.5. The summed E-state index contributed by atoms with van der Waals surface area (Å²) in [6.45, 7) is 7.63. The second-order valence-electron chi connectivity index (χ2n) is 5.59. The Balaban J connectivity index is 2.18. The van der Waals surface area contributed by atoms with E-state index in [2.05, 4.69) is 0 Å². The fourth-order valence-electron chi connectivity index (χ4n) is 1.94. The van der Waals surface area contributed by atoms with Crippen LogP contribution in [0.4, 0.5) is 8.78 Å². The smallest absolute Gasteiger partial charge is 0.403 e. The van der Waals surface area contributed by atoms with Gasteiger partial charge in [-0.15, -0.1) is 0 Å². The van der Waals surface area contributed by atoms with Crippen LogP contribution in [0.2, 0.25) is 0 Å². The summed E-state index contributed by atoms with van der Waals surface area (Å²) in [5.74, 6) is -1.13. The van der Waals surface area contributed by atoms with Crippen LogP contribution < -0.4 is 0 Å². The zero-order chi connectivity index (χ0) is 13.6. The van der Waals surface area contributed by atoms with Gasteiger partial charge in [-0.2, -0.15) is 0 Å². The van der Waals surface area contributed by atoms with E-state index < -0.39 is 30.0 Å². The van der Waals surface area contributed by atoms with E-state index in [0.29, 0.717) is 0 Å². The lowest BCUT2D eigenvalue weighted by Crippen LogP contribution is -2.41. The Labute approximate surface area is 106 Å². The molecule has 1 aromatic rings. The van der Waals surface area contributed by atoms with Gasteiger partial charge in [-0.25, -0.2) is 8.78 Å². The molecule has 0 aromatic heterocycles. The molecule has 5 heteroatoms. The summed E-state index contributed by atoms with van der Waals surface area (Å²) in [5, 5.41) is 0. The first-order chi connectivity index (χ1) is 8.23. The normalized spacial score (nSPS) is 21.3. The van der Waals surface area contributed by atoms with Gasteiger partial charge in [0.15, 0.2) is 0 Å². The summed E-state index contributed by atoms with van der Waals surface area (Å²) in [6.07, 6.45) is 0.0748. The Bertz CT molecular complexity index is 424.